The molecule has 1 unspecified atom stereocenters. The highest BCUT2D eigenvalue weighted by atomic mass is 19.1. The third kappa shape index (κ3) is 2.40. The third-order valence-electron chi connectivity index (χ3n) is 3.18. The monoisotopic (exact) mass is 239 g/mol. The summed E-state index contributed by atoms with van der Waals surface area (Å²) < 4.78 is 18.6. The van der Waals surface area contributed by atoms with Crippen LogP contribution in [0, 0.1) is 19.7 Å². The Morgan fingerprint density at radius 3 is 2.53 bits per heavy atom. The summed E-state index contributed by atoms with van der Waals surface area (Å²) in [7, 11) is 1.31. The Hall–Kier alpha value is -1.58. The number of benzene rings is 1. The highest BCUT2D eigenvalue weighted by Gasteiger charge is 2.25. The number of ether oxygens (including phenoxy) is 1. The maximum Gasteiger partial charge on any atom is 0.313 e. The summed E-state index contributed by atoms with van der Waals surface area (Å²) in [4.78, 5) is 11.6. The first-order chi connectivity index (χ1) is 7.93. The first-order valence-corrected chi connectivity index (χ1v) is 5.56. The predicted octanol–water partition coefficient (Wildman–Crippen LogP) is 2.69. The summed E-state index contributed by atoms with van der Waals surface area (Å²) in [6.07, 6.45) is 0.494. The molecule has 17 heavy (non-hydrogen) atoms. The highest BCUT2D eigenvalue weighted by Crippen LogP contribution is 2.31. The molecule has 0 aromatic heterocycles. The van der Waals surface area contributed by atoms with Gasteiger partial charge in [0.05, 0.1) is 13.0 Å². The summed E-state index contributed by atoms with van der Waals surface area (Å²) >= 11 is 0. The number of carbonyl (C=O) groups excluding carboxylic acids is 1. The molecule has 0 radical (unpaired) electrons. The van der Waals surface area contributed by atoms with Crippen molar-refractivity contribution in [3.63, 3.8) is 0 Å². The number of carbonyl (C=O) groups is 1. The van der Waals surface area contributed by atoms with Gasteiger partial charge in [0.2, 0.25) is 0 Å². The molecule has 0 aliphatic carbocycles. The van der Waals surface area contributed by atoms with E-state index in [1.165, 1.54) is 13.2 Å². The Bertz CT molecular complexity index is 444. The van der Waals surface area contributed by atoms with Gasteiger partial charge in [0, 0.05) is 11.3 Å². The molecule has 0 spiro atoms. The topological polar surface area (TPSA) is 52.3 Å². The van der Waals surface area contributed by atoms with Crippen molar-refractivity contribution in [2.75, 3.05) is 12.8 Å². The zero-order valence-electron chi connectivity index (χ0n) is 10.6. The van der Waals surface area contributed by atoms with Crippen LogP contribution in [0.2, 0.25) is 0 Å². The number of hydrogen-bond acceptors (Lipinski definition) is 3. The van der Waals surface area contributed by atoms with Crippen LogP contribution in [0.1, 0.15) is 36.0 Å². The minimum absolute atomic E-state index is 0.394. The first-order valence-electron chi connectivity index (χ1n) is 5.56. The smallest absolute Gasteiger partial charge is 0.313 e. The van der Waals surface area contributed by atoms with Crippen molar-refractivity contribution in [1.29, 1.82) is 0 Å². The van der Waals surface area contributed by atoms with Crippen LogP contribution in [0.5, 0.6) is 0 Å². The van der Waals surface area contributed by atoms with E-state index in [-0.39, 0.29) is 0 Å². The second-order valence-electron chi connectivity index (χ2n) is 4.10. The maximum atomic E-state index is 13.9. The molecule has 1 aromatic carbocycles. The quantitative estimate of drug-likeness (QED) is 0.651. The average molecular weight is 239 g/mol. The van der Waals surface area contributed by atoms with E-state index in [1.807, 2.05) is 13.8 Å². The van der Waals surface area contributed by atoms with Crippen molar-refractivity contribution in [1.82, 2.24) is 0 Å². The standard InChI is InChI=1S/C13H18FNO2/c1-5-9(13(16)17-4)12-8(3)7(2)11(15)6-10(12)14/h6,9H,5,15H2,1-4H3. The van der Waals surface area contributed by atoms with Gasteiger partial charge in [-0.2, -0.15) is 0 Å². The van der Waals surface area contributed by atoms with E-state index in [4.69, 9.17) is 10.5 Å². The minimum atomic E-state index is -0.570. The molecule has 2 N–H and O–H groups in total. The molecule has 1 atom stereocenters. The molecule has 0 saturated heterocycles. The molecule has 0 aliphatic rings. The van der Waals surface area contributed by atoms with Crippen LogP contribution < -0.4 is 5.73 Å². The second-order valence-corrected chi connectivity index (χ2v) is 4.10. The number of esters is 1. The Labute approximate surface area is 101 Å². The van der Waals surface area contributed by atoms with Crippen LogP contribution in [0.25, 0.3) is 0 Å². The molecular formula is C13H18FNO2. The van der Waals surface area contributed by atoms with Crippen LogP contribution in [-0.4, -0.2) is 13.1 Å². The van der Waals surface area contributed by atoms with Crippen LogP contribution in [0.3, 0.4) is 0 Å². The number of rotatable bonds is 3. The Morgan fingerprint density at radius 2 is 2.06 bits per heavy atom. The van der Waals surface area contributed by atoms with Gasteiger partial charge < -0.3 is 10.5 Å². The van der Waals surface area contributed by atoms with Crippen molar-refractivity contribution in [2.24, 2.45) is 0 Å². The summed E-state index contributed by atoms with van der Waals surface area (Å²) in [5, 5.41) is 0. The fourth-order valence-electron chi connectivity index (χ4n) is 1.98. The van der Waals surface area contributed by atoms with Crippen molar-refractivity contribution in [3.8, 4) is 0 Å². The molecule has 3 nitrogen and oxygen atoms in total. The van der Waals surface area contributed by atoms with E-state index in [0.717, 1.165) is 11.1 Å². The fraction of sp³-hybridized carbons (Fsp3) is 0.462. The zero-order chi connectivity index (χ0) is 13.2. The van der Waals surface area contributed by atoms with Gasteiger partial charge in [0.1, 0.15) is 5.82 Å². The van der Waals surface area contributed by atoms with Crippen molar-refractivity contribution < 1.29 is 13.9 Å². The molecule has 0 heterocycles. The molecule has 0 saturated carbocycles. The molecule has 94 valence electrons. The highest BCUT2D eigenvalue weighted by molar-refractivity contribution is 5.79. The molecule has 0 bridgehead atoms. The predicted molar refractivity (Wildman–Crippen MR) is 65.3 cm³/mol. The van der Waals surface area contributed by atoms with E-state index < -0.39 is 17.7 Å². The van der Waals surface area contributed by atoms with E-state index in [0.29, 0.717) is 17.7 Å². The molecule has 0 amide bonds. The van der Waals surface area contributed by atoms with Gasteiger partial charge in [0.15, 0.2) is 0 Å². The first kappa shape index (κ1) is 13.5. The lowest BCUT2D eigenvalue weighted by Crippen LogP contribution is -2.17. The number of nitrogens with two attached hydrogens (primary N) is 1. The van der Waals surface area contributed by atoms with Gasteiger partial charge in [-0.25, -0.2) is 4.39 Å². The summed E-state index contributed by atoms with van der Waals surface area (Å²) in [6.45, 7) is 5.42. The molecule has 0 fully saturated rings. The fourth-order valence-corrected chi connectivity index (χ4v) is 1.98. The summed E-state index contributed by atoms with van der Waals surface area (Å²) in [6, 6.07) is 1.27. The van der Waals surface area contributed by atoms with Crippen molar-refractivity contribution in [3.05, 3.63) is 28.6 Å². The van der Waals surface area contributed by atoms with Gasteiger partial charge in [-0.1, -0.05) is 6.92 Å². The van der Waals surface area contributed by atoms with Gasteiger partial charge in [-0.3, -0.25) is 4.79 Å². The molecule has 1 rings (SSSR count). The minimum Gasteiger partial charge on any atom is -0.469 e. The molecule has 4 heteroatoms. The number of anilines is 1. The van der Waals surface area contributed by atoms with E-state index in [2.05, 4.69) is 0 Å². The van der Waals surface area contributed by atoms with Crippen LogP contribution in [0.4, 0.5) is 10.1 Å². The normalized spacial score (nSPS) is 12.3. The number of methoxy groups -OCH3 is 1. The van der Waals surface area contributed by atoms with Crippen LogP contribution in [-0.2, 0) is 9.53 Å². The SMILES string of the molecule is CCC(C(=O)OC)c1c(F)cc(N)c(C)c1C. The molecule has 1 aromatic rings. The lowest BCUT2D eigenvalue weighted by Gasteiger charge is -2.18. The third-order valence-corrected chi connectivity index (χ3v) is 3.18. The lowest BCUT2D eigenvalue weighted by atomic mass is 9.89. The molecule has 0 aliphatic heterocycles. The van der Waals surface area contributed by atoms with Crippen molar-refractivity contribution >= 4 is 11.7 Å². The zero-order valence-corrected chi connectivity index (χ0v) is 10.6. The summed E-state index contributed by atoms with van der Waals surface area (Å²) in [5.74, 6) is -1.43. The number of halogens is 1. The van der Waals surface area contributed by atoms with Gasteiger partial charge in [-0.05, 0) is 37.5 Å². The van der Waals surface area contributed by atoms with Crippen LogP contribution in [0.15, 0.2) is 6.07 Å². The Balaban J connectivity index is 3.39. The lowest BCUT2D eigenvalue weighted by molar-refractivity contribution is -0.142. The average Bonchev–Trinajstić information content (AvgIpc) is 2.30. The Kier molecular flexibility index (Phi) is 4.10. The number of hydrogen-bond donors (Lipinski definition) is 1. The van der Waals surface area contributed by atoms with Gasteiger partial charge in [-0.15, -0.1) is 0 Å². The maximum absolute atomic E-state index is 13.9. The van der Waals surface area contributed by atoms with E-state index in [9.17, 15) is 9.18 Å². The number of nitrogen functional groups attached to an aromatic ring is 1. The van der Waals surface area contributed by atoms with Gasteiger partial charge in [0.25, 0.3) is 0 Å². The second kappa shape index (κ2) is 5.17. The molecular weight excluding hydrogens is 221 g/mol. The largest absolute Gasteiger partial charge is 0.469 e. The summed E-state index contributed by atoms with van der Waals surface area (Å²) in [5.41, 5.74) is 8.02. The van der Waals surface area contributed by atoms with Crippen molar-refractivity contribution in [2.45, 2.75) is 33.1 Å². The van der Waals surface area contributed by atoms with E-state index >= 15 is 0 Å². The van der Waals surface area contributed by atoms with E-state index in [1.54, 1.807) is 6.92 Å². The Morgan fingerprint density at radius 1 is 1.47 bits per heavy atom. The van der Waals surface area contributed by atoms with Gasteiger partial charge >= 0.3 is 5.97 Å². The van der Waals surface area contributed by atoms with Crippen LogP contribution >= 0.6 is 0 Å².